The minimum Gasteiger partial charge on any atom is -0.353 e. The number of sulfonamides is 1. The molecule has 27 heavy (non-hydrogen) atoms. The molecule has 6 nitrogen and oxygen atoms in total. The molecule has 1 aliphatic rings. The van der Waals surface area contributed by atoms with Gasteiger partial charge in [-0.1, -0.05) is 48.5 Å². The number of fused-ring (bicyclic) bond motifs is 1. The van der Waals surface area contributed by atoms with Gasteiger partial charge in [-0.25, -0.2) is 8.42 Å². The third kappa shape index (κ3) is 2.98. The number of aryl methyl sites for hydroxylation is 1. The van der Waals surface area contributed by atoms with Gasteiger partial charge in [-0.15, -0.1) is 0 Å². The van der Waals surface area contributed by atoms with Crippen LogP contribution in [0.25, 0.3) is 10.9 Å². The second kappa shape index (κ2) is 6.75. The Labute approximate surface area is 157 Å². The van der Waals surface area contributed by atoms with E-state index < -0.39 is 16.1 Å². The van der Waals surface area contributed by atoms with Crippen LogP contribution in [0, 0.1) is 6.92 Å². The minimum absolute atomic E-state index is 0.163. The SMILES string of the molecule is Cc1ccc2cccnc2c1S(=O)(=O)N1CCNC(=O)C1c1ccccc1. The predicted molar refractivity (Wildman–Crippen MR) is 103 cm³/mol. The summed E-state index contributed by atoms with van der Waals surface area (Å²) in [5.74, 6) is -0.318. The van der Waals surface area contributed by atoms with E-state index in [9.17, 15) is 13.2 Å². The van der Waals surface area contributed by atoms with Gasteiger partial charge in [0.05, 0.1) is 5.52 Å². The third-order valence-electron chi connectivity index (χ3n) is 4.77. The van der Waals surface area contributed by atoms with Crippen LogP contribution in [-0.4, -0.2) is 36.7 Å². The number of rotatable bonds is 3. The summed E-state index contributed by atoms with van der Waals surface area (Å²) in [6.45, 7) is 2.23. The number of carbonyl (C=O) groups excluding carboxylic acids is 1. The molecular formula is C20H19N3O3S. The van der Waals surface area contributed by atoms with Gasteiger partial charge in [-0.05, 0) is 24.1 Å². The van der Waals surface area contributed by atoms with Gasteiger partial charge in [-0.3, -0.25) is 9.78 Å². The lowest BCUT2D eigenvalue weighted by Gasteiger charge is -2.34. The van der Waals surface area contributed by atoms with Crippen molar-refractivity contribution in [1.29, 1.82) is 0 Å². The molecule has 7 heteroatoms. The summed E-state index contributed by atoms with van der Waals surface area (Å²) >= 11 is 0. The van der Waals surface area contributed by atoms with E-state index in [1.807, 2.05) is 18.2 Å². The van der Waals surface area contributed by atoms with Crippen LogP contribution in [0.4, 0.5) is 0 Å². The summed E-state index contributed by atoms with van der Waals surface area (Å²) in [5.41, 5.74) is 1.68. The number of aromatic nitrogens is 1. The van der Waals surface area contributed by atoms with Crippen LogP contribution in [0.5, 0.6) is 0 Å². The topological polar surface area (TPSA) is 79.4 Å². The highest BCUT2D eigenvalue weighted by Gasteiger charge is 2.40. The fourth-order valence-electron chi connectivity index (χ4n) is 3.52. The van der Waals surface area contributed by atoms with Crippen LogP contribution in [0.1, 0.15) is 17.2 Å². The van der Waals surface area contributed by atoms with Gasteiger partial charge in [-0.2, -0.15) is 4.31 Å². The van der Waals surface area contributed by atoms with Crippen molar-refractivity contribution in [3.8, 4) is 0 Å². The molecule has 1 N–H and O–H groups in total. The fraction of sp³-hybridized carbons (Fsp3) is 0.200. The molecule has 1 saturated heterocycles. The highest BCUT2D eigenvalue weighted by Crippen LogP contribution is 2.33. The summed E-state index contributed by atoms with van der Waals surface area (Å²) in [5, 5.41) is 3.52. The monoisotopic (exact) mass is 381 g/mol. The van der Waals surface area contributed by atoms with Gasteiger partial charge in [0.25, 0.3) is 0 Å². The molecule has 4 rings (SSSR count). The van der Waals surface area contributed by atoms with Crippen LogP contribution in [0.2, 0.25) is 0 Å². The Morgan fingerprint density at radius 2 is 1.85 bits per heavy atom. The molecule has 3 aromatic rings. The summed E-state index contributed by atoms with van der Waals surface area (Å²) in [6.07, 6.45) is 1.58. The van der Waals surface area contributed by atoms with Crippen molar-refractivity contribution in [3.63, 3.8) is 0 Å². The first-order valence-electron chi connectivity index (χ1n) is 8.69. The van der Waals surface area contributed by atoms with Gasteiger partial charge >= 0.3 is 0 Å². The molecule has 0 radical (unpaired) electrons. The van der Waals surface area contributed by atoms with Gasteiger partial charge in [0.1, 0.15) is 10.9 Å². The Bertz CT molecular complexity index is 1110. The molecule has 1 fully saturated rings. The van der Waals surface area contributed by atoms with Gasteiger partial charge in [0.15, 0.2) is 0 Å². The molecule has 1 amide bonds. The van der Waals surface area contributed by atoms with Crippen molar-refractivity contribution in [2.75, 3.05) is 13.1 Å². The molecule has 0 spiro atoms. The maximum atomic E-state index is 13.7. The maximum absolute atomic E-state index is 13.7. The average Bonchev–Trinajstić information content (AvgIpc) is 2.68. The van der Waals surface area contributed by atoms with E-state index in [0.29, 0.717) is 16.6 Å². The molecule has 1 aliphatic heterocycles. The van der Waals surface area contributed by atoms with Gasteiger partial charge in [0, 0.05) is 24.7 Å². The quantitative estimate of drug-likeness (QED) is 0.756. The number of benzene rings is 2. The number of carbonyl (C=O) groups is 1. The summed E-state index contributed by atoms with van der Waals surface area (Å²) in [7, 11) is -3.94. The lowest BCUT2D eigenvalue weighted by atomic mass is 10.1. The van der Waals surface area contributed by atoms with E-state index >= 15 is 0 Å². The highest BCUT2D eigenvalue weighted by molar-refractivity contribution is 7.89. The van der Waals surface area contributed by atoms with Gasteiger partial charge in [0.2, 0.25) is 15.9 Å². The first-order chi connectivity index (χ1) is 13.0. The molecule has 0 aliphatic carbocycles. The molecule has 2 heterocycles. The standard InChI is InChI=1S/C20H19N3O3S/c1-14-9-10-15-8-5-11-21-17(15)19(14)27(25,26)23-13-12-22-20(24)18(23)16-6-3-2-4-7-16/h2-11,18H,12-13H2,1H3,(H,22,24). The van der Waals surface area contributed by atoms with E-state index in [1.165, 1.54) is 4.31 Å². The number of pyridine rings is 1. The summed E-state index contributed by atoms with van der Waals surface area (Å²) in [4.78, 5) is 17.1. The molecule has 1 unspecified atom stereocenters. The normalized spacial score (nSPS) is 18.4. The molecule has 1 atom stereocenters. The van der Waals surface area contributed by atoms with Crippen molar-refractivity contribution >= 4 is 26.8 Å². The van der Waals surface area contributed by atoms with Crippen LogP contribution >= 0.6 is 0 Å². The zero-order valence-corrected chi connectivity index (χ0v) is 15.6. The van der Waals surface area contributed by atoms with Crippen molar-refractivity contribution < 1.29 is 13.2 Å². The lowest BCUT2D eigenvalue weighted by Crippen LogP contribution is -2.52. The van der Waals surface area contributed by atoms with Crippen LogP contribution in [-0.2, 0) is 14.8 Å². The van der Waals surface area contributed by atoms with E-state index in [1.54, 1.807) is 49.5 Å². The Morgan fingerprint density at radius 1 is 1.07 bits per heavy atom. The van der Waals surface area contributed by atoms with E-state index in [-0.39, 0.29) is 23.9 Å². The molecular weight excluding hydrogens is 362 g/mol. The number of nitrogens with one attached hydrogen (secondary N) is 1. The van der Waals surface area contributed by atoms with Crippen molar-refractivity contribution in [1.82, 2.24) is 14.6 Å². The van der Waals surface area contributed by atoms with E-state index in [4.69, 9.17) is 0 Å². The number of hydrogen-bond donors (Lipinski definition) is 1. The predicted octanol–water partition coefficient (Wildman–Crippen LogP) is 2.41. The average molecular weight is 381 g/mol. The van der Waals surface area contributed by atoms with E-state index in [2.05, 4.69) is 10.3 Å². The smallest absolute Gasteiger partial charge is 0.246 e. The van der Waals surface area contributed by atoms with Crippen molar-refractivity contribution in [2.24, 2.45) is 0 Å². The molecule has 0 saturated carbocycles. The maximum Gasteiger partial charge on any atom is 0.246 e. The summed E-state index contributed by atoms with van der Waals surface area (Å²) in [6, 6.07) is 15.3. The number of piperazine rings is 1. The second-order valence-corrected chi connectivity index (χ2v) is 8.33. The van der Waals surface area contributed by atoms with E-state index in [0.717, 1.165) is 5.39 Å². The zero-order chi connectivity index (χ0) is 19.0. The van der Waals surface area contributed by atoms with Gasteiger partial charge < -0.3 is 5.32 Å². The fourth-order valence-corrected chi connectivity index (χ4v) is 5.47. The number of nitrogens with zero attached hydrogens (tertiary/aromatic N) is 2. The van der Waals surface area contributed by atoms with Crippen LogP contribution in [0.3, 0.4) is 0 Å². The minimum atomic E-state index is -3.94. The van der Waals surface area contributed by atoms with Crippen LogP contribution < -0.4 is 5.32 Å². The molecule has 138 valence electrons. The zero-order valence-electron chi connectivity index (χ0n) is 14.8. The summed E-state index contributed by atoms with van der Waals surface area (Å²) < 4.78 is 28.6. The van der Waals surface area contributed by atoms with Crippen molar-refractivity contribution in [2.45, 2.75) is 17.9 Å². The first-order valence-corrected chi connectivity index (χ1v) is 10.1. The van der Waals surface area contributed by atoms with Crippen molar-refractivity contribution in [3.05, 3.63) is 71.9 Å². The Balaban J connectivity index is 1.91. The highest BCUT2D eigenvalue weighted by atomic mass is 32.2. The second-order valence-electron chi connectivity index (χ2n) is 6.51. The largest absolute Gasteiger partial charge is 0.353 e. The Hall–Kier alpha value is -2.77. The Morgan fingerprint density at radius 3 is 2.63 bits per heavy atom. The molecule has 2 aromatic carbocycles. The molecule has 0 bridgehead atoms. The molecule has 1 aromatic heterocycles. The first kappa shape index (κ1) is 17.6. The Kier molecular flexibility index (Phi) is 4.41. The number of hydrogen-bond acceptors (Lipinski definition) is 4. The van der Waals surface area contributed by atoms with Crippen LogP contribution in [0.15, 0.2) is 65.7 Å². The lowest BCUT2D eigenvalue weighted by molar-refractivity contribution is -0.126. The number of amides is 1. The third-order valence-corrected chi connectivity index (χ3v) is 6.82.